The molecule has 0 bridgehead atoms. The zero-order chi connectivity index (χ0) is 35.7. The maximum Gasteiger partial charge on any atom is 0.305 e. The molecule has 2 unspecified atom stereocenters. The minimum absolute atomic E-state index is 0.0430. The van der Waals surface area contributed by atoms with Gasteiger partial charge in [-0.15, -0.1) is 0 Å². The molecule has 0 saturated carbocycles. The molecule has 2 aromatic carbocycles. The molecule has 0 saturated heterocycles. The average molecular weight is 670 g/mol. The van der Waals surface area contributed by atoms with Gasteiger partial charge in [0.1, 0.15) is 12.2 Å². The summed E-state index contributed by atoms with van der Waals surface area (Å²) in [4.78, 5) is 37.4. The van der Waals surface area contributed by atoms with Crippen LogP contribution in [0, 0.1) is 12.3 Å². The highest BCUT2D eigenvalue weighted by Crippen LogP contribution is 2.35. The number of rotatable bonds is 23. The molecule has 0 aliphatic carbocycles. The van der Waals surface area contributed by atoms with E-state index in [-0.39, 0.29) is 32.0 Å². The van der Waals surface area contributed by atoms with Gasteiger partial charge in [0.2, 0.25) is 5.91 Å². The van der Waals surface area contributed by atoms with Gasteiger partial charge in [0.15, 0.2) is 0 Å². The van der Waals surface area contributed by atoms with E-state index in [0.717, 1.165) is 48.8 Å². The van der Waals surface area contributed by atoms with Crippen molar-refractivity contribution >= 4 is 17.8 Å². The number of amides is 1. The number of allylic oxidation sites excluding steroid dienone is 10. The van der Waals surface area contributed by atoms with Gasteiger partial charge in [-0.25, -0.2) is 0 Å². The fourth-order valence-corrected chi connectivity index (χ4v) is 4.96. The van der Waals surface area contributed by atoms with Crippen molar-refractivity contribution in [2.24, 2.45) is 5.41 Å². The van der Waals surface area contributed by atoms with Crippen LogP contribution in [0.5, 0.6) is 0 Å². The number of aliphatic carboxylic acids is 1. The number of carboxylic acid groups (broad SMARTS) is 1. The standard InChI is InChI=1S/C42H55NO6/c1-5-6-7-8-9-10-11-12-13-14-15-16-17-18-19-23-30-38(46)48-33-42(3,4)40(41(47)43-32-31-37(44)45)49-39(35-27-21-20-22-28-35)36-29-25-24-26-34(36)2/h6-7,9-10,12-13,15-18,20-22,24-29,39-40H,5,8,11,14,19,23,30-33H2,1-4H3,(H,43,47)(H,44,45). The molecule has 7 nitrogen and oxygen atoms in total. The van der Waals surface area contributed by atoms with Crippen molar-refractivity contribution in [1.82, 2.24) is 5.32 Å². The zero-order valence-electron chi connectivity index (χ0n) is 29.7. The first kappa shape index (κ1) is 40.7. The number of aryl methyl sites for hydroxylation is 1. The Balaban J connectivity index is 1.94. The van der Waals surface area contributed by atoms with Gasteiger partial charge in [-0.1, -0.05) is 136 Å². The molecule has 1 amide bonds. The minimum Gasteiger partial charge on any atom is -0.481 e. The molecule has 0 spiro atoms. The molecule has 0 aliphatic heterocycles. The Hall–Kier alpha value is -4.49. The number of carboxylic acids is 1. The van der Waals surface area contributed by atoms with Crippen molar-refractivity contribution in [3.05, 3.63) is 132 Å². The smallest absolute Gasteiger partial charge is 0.305 e. The van der Waals surface area contributed by atoms with Crippen LogP contribution in [-0.4, -0.2) is 42.2 Å². The molecular formula is C42H55NO6. The van der Waals surface area contributed by atoms with E-state index in [4.69, 9.17) is 14.6 Å². The first-order chi connectivity index (χ1) is 23.7. The fraction of sp³-hybridized carbons (Fsp3) is 0.405. The Morgan fingerprint density at radius 3 is 2.08 bits per heavy atom. The van der Waals surface area contributed by atoms with Crippen LogP contribution in [-0.2, 0) is 23.9 Å². The highest BCUT2D eigenvalue weighted by atomic mass is 16.5. The summed E-state index contributed by atoms with van der Waals surface area (Å²) in [5.41, 5.74) is 1.84. The van der Waals surface area contributed by atoms with Crippen LogP contribution >= 0.6 is 0 Å². The van der Waals surface area contributed by atoms with Gasteiger partial charge in [-0.2, -0.15) is 0 Å². The summed E-state index contributed by atoms with van der Waals surface area (Å²) in [5, 5.41) is 11.8. The molecule has 0 radical (unpaired) electrons. The molecular weight excluding hydrogens is 614 g/mol. The Bertz CT molecular complexity index is 1420. The molecule has 2 aromatic rings. The van der Waals surface area contributed by atoms with E-state index >= 15 is 0 Å². The summed E-state index contributed by atoms with van der Waals surface area (Å²) < 4.78 is 12.3. The number of ether oxygens (including phenoxy) is 2. The molecule has 0 fully saturated rings. The van der Waals surface area contributed by atoms with E-state index in [0.29, 0.717) is 6.42 Å². The van der Waals surface area contributed by atoms with Crippen LogP contribution in [0.1, 0.15) is 94.9 Å². The third kappa shape index (κ3) is 16.9. The molecule has 2 N–H and O–H groups in total. The van der Waals surface area contributed by atoms with Gasteiger partial charge < -0.3 is 19.9 Å². The first-order valence-electron chi connectivity index (χ1n) is 17.3. The number of nitrogens with one attached hydrogen (secondary N) is 1. The van der Waals surface area contributed by atoms with Crippen molar-refractivity contribution in [2.45, 2.75) is 91.3 Å². The van der Waals surface area contributed by atoms with Crippen molar-refractivity contribution in [3.8, 4) is 0 Å². The highest BCUT2D eigenvalue weighted by Gasteiger charge is 2.40. The van der Waals surface area contributed by atoms with Crippen molar-refractivity contribution in [1.29, 1.82) is 0 Å². The second kappa shape index (κ2) is 23.8. The second-order valence-electron chi connectivity index (χ2n) is 12.5. The third-order valence-corrected chi connectivity index (χ3v) is 7.72. The Kier molecular flexibility index (Phi) is 19.7. The quantitative estimate of drug-likeness (QED) is 0.0530. The number of hydrogen-bond donors (Lipinski definition) is 2. The molecule has 0 aliphatic rings. The summed E-state index contributed by atoms with van der Waals surface area (Å²) in [6, 6.07) is 17.5. The predicted octanol–water partition coefficient (Wildman–Crippen LogP) is 9.16. The number of carbonyl (C=O) groups excluding carboxylic acids is 2. The Morgan fingerprint density at radius 1 is 0.816 bits per heavy atom. The van der Waals surface area contributed by atoms with Crippen molar-refractivity contribution < 1.29 is 29.0 Å². The third-order valence-electron chi connectivity index (χ3n) is 7.72. The van der Waals surface area contributed by atoms with Gasteiger partial charge in [0.05, 0.1) is 13.0 Å². The van der Waals surface area contributed by atoms with Crippen LogP contribution in [0.3, 0.4) is 0 Å². The lowest BCUT2D eigenvalue weighted by atomic mass is 9.85. The van der Waals surface area contributed by atoms with Crippen LogP contribution in [0.2, 0.25) is 0 Å². The van der Waals surface area contributed by atoms with E-state index in [2.05, 4.69) is 54.8 Å². The van der Waals surface area contributed by atoms with Crippen LogP contribution < -0.4 is 5.32 Å². The van der Waals surface area contributed by atoms with Gasteiger partial charge in [-0.3, -0.25) is 14.4 Å². The number of hydrogen-bond acceptors (Lipinski definition) is 5. The highest BCUT2D eigenvalue weighted by molar-refractivity contribution is 5.82. The van der Waals surface area contributed by atoms with E-state index in [1.807, 2.05) is 93.6 Å². The molecule has 49 heavy (non-hydrogen) atoms. The number of benzene rings is 2. The zero-order valence-corrected chi connectivity index (χ0v) is 29.7. The lowest BCUT2D eigenvalue weighted by Crippen LogP contribution is -2.49. The lowest BCUT2D eigenvalue weighted by molar-refractivity contribution is -0.160. The fourth-order valence-electron chi connectivity index (χ4n) is 4.96. The maximum atomic E-state index is 13.5. The summed E-state index contributed by atoms with van der Waals surface area (Å²) in [5.74, 6) is -1.82. The normalized spacial score (nSPS) is 13.6. The van der Waals surface area contributed by atoms with E-state index in [1.165, 1.54) is 0 Å². The Labute approximate surface area is 293 Å². The number of carbonyl (C=O) groups is 3. The van der Waals surface area contributed by atoms with Gasteiger partial charge in [0, 0.05) is 18.4 Å². The summed E-state index contributed by atoms with van der Waals surface area (Å²) in [7, 11) is 0. The van der Waals surface area contributed by atoms with Crippen LogP contribution in [0.4, 0.5) is 0 Å². The minimum atomic E-state index is -1.05. The summed E-state index contributed by atoms with van der Waals surface area (Å²) in [6.45, 7) is 7.66. The van der Waals surface area contributed by atoms with Crippen LogP contribution in [0.15, 0.2) is 115 Å². The number of esters is 1. The van der Waals surface area contributed by atoms with Crippen molar-refractivity contribution in [2.75, 3.05) is 13.2 Å². The van der Waals surface area contributed by atoms with Gasteiger partial charge in [-0.05, 0) is 62.1 Å². The molecule has 264 valence electrons. The van der Waals surface area contributed by atoms with E-state index < -0.39 is 29.5 Å². The largest absolute Gasteiger partial charge is 0.481 e. The predicted molar refractivity (Wildman–Crippen MR) is 198 cm³/mol. The SMILES string of the molecule is CCC=CCC=CCC=CCC=CC=CCCCC(=O)OCC(C)(C)C(OC(c1ccccc1)c1ccccc1C)C(=O)NCCC(=O)O. The second-order valence-corrected chi connectivity index (χ2v) is 12.5. The van der Waals surface area contributed by atoms with Gasteiger partial charge in [0.25, 0.3) is 0 Å². The van der Waals surface area contributed by atoms with E-state index in [9.17, 15) is 14.4 Å². The Morgan fingerprint density at radius 2 is 1.43 bits per heavy atom. The van der Waals surface area contributed by atoms with Gasteiger partial charge >= 0.3 is 11.9 Å². The molecule has 0 aromatic heterocycles. The number of unbranched alkanes of at least 4 members (excludes halogenated alkanes) is 1. The monoisotopic (exact) mass is 669 g/mol. The first-order valence-corrected chi connectivity index (χ1v) is 17.3. The molecule has 2 rings (SSSR count). The van der Waals surface area contributed by atoms with E-state index in [1.54, 1.807) is 0 Å². The molecule has 2 atom stereocenters. The maximum absolute atomic E-state index is 13.5. The average Bonchev–Trinajstić information content (AvgIpc) is 3.08. The van der Waals surface area contributed by atoms with Crippen molar-refractivity contribution in [3.63, 3.8) is 0 Å². The van der Waals surface area contributed by atoms with Crippen LogP contribution in [0.25, 0.3) is 0 Å². The topological polar surface area (TPSA) is 102 Å². The summed E-state index contributed by atoms with van der Waals surface area (Å²) in [6.07, 6.45) is 24.8. The molecule has 7 heteroatoms. The molecule has 0 heterocycles. The lowest BCUT2D eigenvalue weighted by Gasteiger charge is -2.36. The summed E-state index contributed by atoms with van der Waals surface area (Å²) >= 11 is 0.